The molecule has 0 amide bonds. The summed E-state index contributed by atoms with van der Waals surface area (Å²) in [6.07, 6.45) is 10.6. The normalized spacial score (nSPS) is 19.4. The molecule has 1 fully saturated rings. The SMILES string of the molecule is CC(N)c1cncn1CCOC1CCCCC1. The molecule has 0 spiro atoms. The Hall–Kier alpha value is -0.870. The summed E-state index contributed by atoms with van der Waals surface area (Å²) in [5.41, 5.74) is 6.95. The fourth-order valence-electron chi connectivity index (χ4n) is 2.45. The zero-order chi connectivity index (χ0) is 12.1. The lowest BCUT2D eigenvalue weighted by atomic mass is 9.98. The monoisotopic (exact) mass is 237 g/mol. The number of nitrogens with zero attached hydrogens (tertiary/aromatic N) is 2. The molecule has 1 aromatic heterocycles. The molecule has 1 aliphatic rings. The predicted molar refractivity (Wildman–Crippen MR) is 67.7 cm³/mol. The van der Waals surface area contributed by atoms with Crippen LogP contribution in [-0.2, 0) is 11.3 Å². The molecule has 17 heavy (non-hydrogen) atoms. The average molecular weight is 237 g/mol. The van der Waals surface area contributed by atoms with Crippen molar-refractivity contribution < 1.29 is 4.74 Å². The van der Waals surface area contributed by atoms with Gasteiger partial charge in [0.25, 0.3) is 0 Å². The van der Waals surface area contributed by atoms with Crippen LogP contribution in [-0.4, -0.2) is 22.3 Å². The Morgan fingerprint density at radius 2 is 2.24 bits per heavy atom. The minimum absolute atomic E-state index is 0.0344. The largest absolute Gasteiger partial charge is 0.376 e. The summed E-state index contributed by atoms with van der Waals surface area (Å²) in [5, 5.41) is 0. The van der Waals surface area contributed by atoms with Gasteiger partial charge in [-0.1, -0.05) is 19.3 Å². The van der Waals surface area contributed by atoms with Gasteiger partial charge in [-0.3, -0.25) is 0 Å². The fraction of sp³-hybridized carbons (Fsp3) is 0.769. The summed E-state index contributed by atoms with van der Waals surface area (Å²) < 4.78 is 7.99. The average Bonchev–Trinajstić information content (AvgIpc) is 2.79. The van der Waals surface area contributed by atoms with Crippen LogP contribution < -0.4 is 5.73 Å². The first-order valence-corrected chi connectivity index (χ1v) is 6.64. The Bertz CT molecular complexity index is 329. The van der Waals surface area contributed by atoms with Gasteiger partial charge in [0.2, 0.25) is 0 Å². The van der Waals surface area contributed by atoms with Gasteiger partial charge >= 0.3 is 0 Å². The Morgan fingerprint density at radius 1 is 1.47 bits per heavy atom. The molecule has 0 radical (unpaired) electrons. The van der Waals surface area contributed by atoms with E-state index in [0.29, 0.717) is 6.10 Å². The highest BCUT2D eigenvalue weighted by atomic mass is 16.5. The molecule has 1 aliphatic carbocycles. The van der Waals surface area contributed by atoms with Crippen LogP contribution in [0.15, 0.2) is 12.5 Å². The molecule has 2 N–H and O–H groups in total. The predicted octanol–water partition coefficient (Wildman–Crippen LogP) is 2.25. The van der Waals surface area contributed by atoms with Crippen LogP contribution in [0.4, 0.5) is 0 Å². The lowest BCUT2D eigenvalue weighted by Crippen LogP contribution is -2.20. The van der Waals surface area contributed by atoms with Crippen molar-refractivity contribution in [3.8, 4) is 0 Å². The third kappa shape index (κ3) is 3.54. The quantitative estimate of drug-likeness (QED) is 0.854. The Morgan fingerprint density at radius 3 is 2.94 bits per heavy atom. The zero-order valence-electron chi connectivity index (χ0n) is 10.6. The van der Waals surface area contributed by atoms with Crippen LogP contribution in [0.1, 0.15) is 50.8 Å². The van der Waals surface area contributed by atoms with Gasteiger partial charge in [0, 0.05) is 18.8 Å². The summed E-state index contributed by atoms with van der Waals surface area (Å²) in [4.78, 5) is 4.14. The second kappa shape index (κ2) is 6.17. The molecule has 2 rings (SSSR count). The zero-order valence-corrected chi connectivity index (χ0v) is 10.6. The van der Waals surface area contributed by atoms with Gasteiger partial charge in [-0.15, -0.1) is 0 Å². The van der Waals surface area contributed by atoms with Gasteiger partial charge in [0.15, 0.2) is 0 Å². The first-order chi connectivity index (χ1) is 8.27. The molecule has 0 aliphatic heterocycles. The van der Waals surface area contributed by atoms with E-state index in [1.807, 2.05) is 19.4 Å². The second-order valence-corrected chi connectivity index (χ2v) is 4.93. The molecule has 96 valence electrons. The van der Waals surface area contributed by atoms with E-state index in [2.05, 4.69) is 9.55 Å². The molecular formula is C13H23N3O. The highest BCUT2D eigenvalue weighted by Crippen LogP contribution is 2.20. The van der Waals surface area contributed by atoms with E-state index in [0.717, 1.165) is 18.8 Å². The van der Waals surface area contributed by atoms with Crippen molar-refractivity contribution in [3.63, 3.8) is 0 Å². The topological polar surface area (TPSA) is 53.1 Å². The van der Waals surface area contributed by atoms with Gasteiger partial charge in [-0.2, -0.15) is 0 Å². The summed E-state index contributed by atoms with van der Waals surface area (Å²) in [6, 6.07) is 0.0344. The number of ether oxygens (including phenoxy) is 1. The Balaban J connectivity index is 1.75. The van der Waals surface area contributed by atoms with Gasteiger partial charge in [-0.25, -0.2) is 4.98 Å². The van der Waals surface area contributed by atoms with E-state index in [1.165, 1.54) is 32.1 Å². The maximum atomic E-state index is 5.90. The van der Waals surface area contributed by atoms with Gasteiger partial charge in [0.1, 0.15) is 0 Å². The third-order valence-corrected chi connectivity index (χ3v) is 3.45. The number of rotatable bonds is 5. The van der Waals surface area contributed by atoms with Gasteiger partial charge in [-0.05, 0) is 19.8 Å². The Kier molecular flexibility index (Phi) is 4.57. The van der Waals surface area contributed by atoms with E-state index < -0.39 is 0 Å². The molecule has 1 aromatic rings. The van der Waals surface area contributed by atoms with Crippen LogP contribution in [0.5, 0.6) is 0 Å². The lowest BCUT2D eigenvalue weighted by molar-refractivity contribution is 0.0238. The molecule has 0 aromatic carbocycles. The molecule has 1 saturated carbocycles. The molecular weight excluding hydrogens is 214 g/mol. The smallest absolute Gasteiger partial charge is 0.0949 e. The van der Waals surface area contributed by atoms with Crippen molar-refractivity contribution in [3.05, 3.63) is 18.2 Å². The minimum atomic E-state index is 0.0344. The van der Waals surface area contributed by atoms with Crippen LogP contribution >= 0.6 is 0 Å². The van der Waals surface area contributed by atoms with Crippen LogP contribution in [0, 0.1) is 0 Å². The number of aromatic nitrogens is 2. The maximum absolute atomic E-state index is 5.90. The van der Waals surface area contributed by atoms with E-state index in [9.17, 15) is 0 Å². The molecule has 0 saturated heterocycles. The van der Waals surface area contributed by atoms with Crippen molar-refractivity contribution in [2.24, 2.45) is 5.73 Å². The van der Waals surface area contributed by atoms with Crippen LogP contribution in [0.25, 0.3) is 0 Å². The first kappa shape index (κ1) is 12.6. The van der Waals surface area contributed by atoms with Crippen molar-refractivity contribution in [1.29, 1.82) is 0 Å². The molecule has 4 heteroatoms. The number of hydrogen-bond donors (Lipinski definition) is 1. The van der Waals surface area contributed by atoms with E-state index in [1.54, 1.807) is 0 Å². The number of nitrogens with two attached hydrogens (primary N) is 1. The summed E-state index contributed by atoms with van der Waals surface area (Å²) in [6.45, 7) is 3.60. The highest BCUT2D eigenvalue weighted by molar-refractivity contribution is 5.02. The van der Waals surface area contributed by atoms with Crippen molar-refractivity contribution >= 4 is 0 Å². The van der Waals surface area contributed by atoms with Gasteiger partial charge < -0.3 is 15.0 Å². The molecule has 1 atom stereocenters. The van der Waals surface area contributed by atoms with Crippen molar-refractivity contribution in [1.82, 2.24) is 9.55 Å². The maximum Gasteiger partial charge on any atom is 0.0949 e. The second-order valence-electron chi connectivity index (χ2n) is 4.93. The number of hydrogen-bond acceptors (Lipinski definition) is 3. The van der Waals surface area contributed by atoms with Crippen LogP contribution in [0.2, 0.25) is 0 Å². The van der Waals surface area contributed by atoms with Gasteiger partial charge in [0.05, 0.1) is 24.7 Å². The number of imidazole rings is 1. The summed E-state index contributed by atoms with van der Waals surface area (Å²) in [7, 11) is 0. The lowest BCUT2D eigenvalue weighted by Gasteiger charge is -2.22. The van der Waals surface area contributed by atoms with Crippen LogP contribution in [0.3, 0.4) is 0 Å². The molecule has 4 nitrogen and oxygen atoms in total. The minimum Gasteiger partial charge on any atom is -0.376 e. The van der Waals surface area contributed by atoms with E-state index in [-0.39, 0.29) is 6.04 Å². The third-order valence-electron chi connectivity index (χ3n) is 3.45. The highest BCUT2D eigenvalue weighted by Gasteiger charge is 2.13. The summed E-state index contributed by atoms with van der Waals surface area (Å²) >= 11 is 0. The summed E-state index contributed by atoms with van der Waals surface area (Å²) in [5.74, 6) is 0. The molecule has 1 heterocycles. The first-order valence-electron chi connectivity index (χ1n) is 6.64. The molecule has 0 bridgehead atoms. The van der Waals surface area contributed by atoms with E-state index >= 15 is 0 Å². The Labute approximate surface area is 103 Å². The molecule has 1 unspecified atom stereocenters. The van der Waals surface area contributed by atoms with E-state index in [4.69, 9.17) is 10.5 Å². The van der Waals surface area contributed by atoms with Crippen molar-refractivity contribution in [2.45, 2.75) is 57.7 Å². The standard InChI is InChI=1S/C13H23N3O/c1-11(14)13-9-15-10-16(13)7-8-17-12-5-3-2-4-6-12/h9-12H,2-8,14H2,1H3. The van der Waals surface area contributed by atoms with Crippen molar-refractivity contribution in [2.75, 3.05) is 6.61 Å². The fourth-order valence-corrected chi connectivity index (χ4v) is 2.45.